The molecule has 3 aromatic rings. The second-order valence-corrected chi connectivity index (χ2v) is 7.05. The molecular weight excluding hydrogens is 358 g/mol. The first-order valence-electron chi connectivity index (χ1n) is 9.20. The fourth-order valence-electron chi connectivity index (χ4n) is 3.72. The average Bonchev–Trinajstić information content (AvgIpc) is 3.30. The van der Waals surface area contributed by atoms with Crippen molar-refractivity contribution in [1.82, 2.24) is 24.8 Å². The Kier molecular flexibility index (Phi) is 4.62. The fourth-order valence-corrected chi connectivity index (χ4v) is 3.72. The van der Waals surface area contributed by atoms with Crippen molar-refractivity contribution in [2.45, 2.75) is 19.3 Å². The number of methoxy groups -OCH3 is 2. The molecular formula is C20H23N5O3. The first-order chi connectivity index (χ1) is 13.5. The van der Waals surface area contributed by atoms with Gasteiger partial charge in [-0.1, -0.05) is 6.92 Å². The van der Waals surface area contributed by atoms with Crippen LogP contribution in [0.25, 0.3) is 22.4 Å². The minimum absolute atomic E-state index is 0.110. The lowest BCUT2D eigenvalue weighted by atomic mass is 9.92. The molecule has 1 aliphatic heterocycles. The Morgan fingerprint density at radius 2 is 2.04 bits per heavy atom. The molecule has 1 amide bonds. The topological polar surface area (TPSA) is 91.2 Å². The highest BCUT2D eigenvalue weighted by molar-refractivity contribution is 5.80. The number of hydrogen-bond acceptors (Lipinski definition) is 6. The number of aryl methyl sites for hydroxylation is 1. The van der Waals surface area contributed by atoms with Crippen molar-refractivity contribution in [1.29, 1.82) is 0 Å². The van der Waals surface area contributed by atoms with E-state index in [0.717, 1.165) is 16.9 Å². The van der Waals surface area contributed by atoms with Gasteiger partial charge in [0, 0.05) is 25.9 Å². The number of aromatic nitrogens is 4. The van der Waals surface area contributed by atoms with E-state index >= 15 is 0 Å². The van der Waals surface area contributed by atoms with Crippen LogP contribution in [0.5, 0.6) is 11.6 Å². The zero-order valence-electron chi connectivity index (χ0n) is 16.4. The van der Waals surface area contributed by atoms with Gasteiger partial charge in [0.15, 0.2) is 5.75 Å². The van der Waals surface area contributed by atoms with Crippen molar-refractivity contribution in [3.8, 4) is 23.0 Å². The van der Waals surface area contributed by atoms with Crippen molar-refractivity contribution in [3.05, 3.63) is 30.2 Å². The van der Waals surface area contributed by atoms with Gasteiger partial charge in [-0.25, -0.2) is 9.97 Å². The molecule has 1 N–H and O–H groups in total. The minimum Gasteiger partial charge on any atom is -0.491 e. The predicted octanol–water partition coefficient (Wildman–Crippen LogP) is 2.29. The lowest BCUT2D eigenvalue weighted by Crippen LogP contribution is -2.17. The van der Waals surface area contributed by atoms with Gasteiger partial charge in [-0.3, -0.25) is 9.78 Å². The van der Waals surface area contributed by atoms with E-state index in [9.17, 15) is 4.79 Å². The van der Waals surface area contributed by atoms with Crippen LogP contribution in [0, 0.1) is 5.92 Å². The SMILES string of the molecule is COc1ccc(-c2cc3nc([C@H](C)[C@@H]4CNC(=O)C4)n(C)c3cn2)nc1OC. The molecule has 0 bridgehead atoms. The summed E-state index contributed by atoms with van der Waals surface area (Å²) in [6, 6.07) is 5.58. The third kappa shape index (κ3) is 3.04. The second-order valence-electron chi connectivity index (χ2n) is 7.05. The molecule has 28 heavy (non-hydrogen) atoms. The Bertz CT molecular complexity index is 1050. The maximum Gasteiger partial charge on any atom is 0.257 e. The summed E-state index contributed by atoms with van der Waals surface area (Å²) in [7, 11) is 5.12. The number of fused-ring (bicyclic) bond motifs is 1. The van der Waals surface area contributed by atoms with Crippen molar-refractivity contribution in [2.24, 2.45) is 13.0 Å². The first kappa shape index (κ1) is 18.2. The van der Waals surface area contributed by atoms with Crippen LogP contribution in [-0.4, -0.2) is 46.2 Å². The number of pyridine rings is 2. The molecule has 0 aliphatic carbocycles. The van der Waals surface area contributed by atoms with E-state index in [0.29, 0.717) is 36.0 Å². The summed E-state index contributed by atoms with van der Waals surface area (Å²) in [4.78, 5) is 25.5. The Balaban J connectivity index is 1.71. The van der Waals surface area contributed by atoms with Gasteiger partial charge in [-0.2, -0.15) is 0 Å². The van der Waals surface area contributed by atoms with Crippen LogP contribution in [0.15, 0.2) is 24.4 Å². The molecule has 0 unspecified atom stereocenters. The summed E-state index contributed by atoms with van der Waals surface area (Å²) in [5, 5.41) is 2.91. The zero-order valence-corrected chi connectivity index (χ0v) is 16.4. The summed E-state index contributed by atoms with van der Waals surface area (Å²) >= 11 is 0. The fraction of sp³-hybridized carbons (Fsp3) is 0.400. The Morgan fingerprint density at radius 1 is 1.21 bits per heavy atom. The number of imidazole rings is 1. The van der Waals surface area contributed by atoms with Crippen LogP contribution < -0.4 is 14.8 Å². The van der Waals surface area contributed by atoms with Crippen molar-refractivity contribution in [2.75, 3.05) is 20.8 Å². The van der Waals surface area contributed by atoms with Gasteiger partial charge in [0.05, 0.1) is 42.8 Å². The van der Waals surface area contributed by atoms with Crippen molar-refractivity contribution in [3.63, 3.8) is 0 Å². The number of amides is 1. The van der Waals surface area contributed by atoms with E-state index in [1.807, 2.05) is 31.4 Å². The van der Waals surface area contributed by atoms with E-state index in [2.05, 4.69) is 26.8 Å². The zero-order chi connectivity index (χ0) is 19.8. The van der Waals surface area contributed by atoms with E-state index < -0.39 is 0 Å². The highest BCUT2D eigenvalue weighted by atomic mass is 16.5. The van der Waals surface area contributed by atoms with Gasteiger partial charge < -0.3 is 19.4 Å². The Hall–Kier alpha value is -3.16. The molecule has 1 saturated heterocycles. The van der Waals surface area contributed by atoms with E-state index in [-0.39, 0.29) is 17.7 Å². The molecule has 1 aliphatic rings. The van der Waals surface area contributed by atoms with Crippen molar-refractivity contribution >= 4 is 16.9 Å². The average molecular weight is 381 g/mol. The van der Waals surface area contributed by atoms with Gasteiger partial charge in [0.1, 0.15) is 5.82 Å². The molecule has 0 saturated carbocycles. The van der Waals surface area contributed by atoms with Crippen LogP contribution in [0.4, 0.5) is 0 Å². The number of hydrogen-bond donors (Lipinski definition) is 1. The molecule has 0 aromatic carbocycles. The van der Waals surface area contributed by atoms with E-state index in [1.54, 1.807) is 14.2 Å². The van der Waals surface area contributed by atoms with Crippen LogP contribution in [0.1, 0.15) is 25.1 Å². The maximum absolute atomic E-state index is 11.6. The molecule has 0 radical (unpaired) electrons. The third-order valence-corrected chi connectivity index (χ3v) is 5.43. The first-order valence-corrected chi connectivity index (χ1v) is 9.20. The second kappa shape index (κ2) is 7.10. The van der Waals surface area contributed by atoms with Crippen LogP contribution in [0.2, 0.25) is 0 Å². The van der Waals surface area contributed by atoms with Gasteiger partial charge >= 0.3 is 0 Å². The number of nitrogens with zero attached hydrogens (tertiary/aromatic N) is 4. The lowest BCUT2D eigenvalue weighted by molar-refractivity contribution is -0.119. The number of nitrogens with one attached hydrogen (secondary N) is 1. The number of carbonyl (C=O) groups is 1. The monoisotopic (exact) mass is 381 g/mol. The van der Waals surface area contributed by atoms with Gasteiger partial charge in [-0.05, 0) is 24.1 Å². The Labute approximate surface area is 162 Å². The molecule has 3 aromatic heterocycles. The third-order valence-electron chi connectivity index (χ3n) is 5.43. The molecule has 146 valence electrons. The molecule has 8 nitrogen and oxygen atoms in total. The molecule has 1 fully saturated rings. The predicted molar refractivity (Wildman–Crippen MR) is 104 cm³/mol. The molecule has 0 spiro atoms. The highest BCUT2D eigenvalue weighted by Gasteiger charge is 2.30. The standard InChI is InChI=1S/C20H23N5O3/c1-11(12-7-18(26)22-9-12)19-23-15-8-14(21-10-16(15)25(19)2)13-5-6-17(27-3)20(24-13)28-4/h5-6,8,10-12H,7,9H2,1-4H3,(H,22,26)/t11-,12+/m1/s1. The largest absolute Gasteiger partial charge is 0.491 e. The summed E-state index contributed by atoms with van der Waals surface area (Å²) in [5.74, 6) is 2.47. The van der Waals surface area contributed by atoms with Crippen molar-refractivity contribution < 1.29 is 14.3 Å². The highest BCUT2D eigenvalue weighted by Crippen LogP contribution is 2.32. The van der Waals surface area contributed by atoms with Gasteiger partial charge in [-0.15, -0.1) is 0 Å². The number of carbonyl (C=O) groups excluding carboxylic acids is 1. The molecule has 2 atom stereocenters. The van der Waals surface area contributed by atoms with Gasteiger partial charge in [0.2, 0.25) is 5.91 Å². The van der Waals surface area contributed by atoms with Crippen LogP contribution in [0.3, 0.4) is 0 Å². The minimum atomic E-state index is 0.110. The van der Waals surface area contributed by atoms with E-state index in [1.165, 1.54) is 0 Å². The smallest absolute Gasteiger partial charge is 0.257 e. The summed E-state index contributed by atoms with van der Waals surface area (Å²) < 4.78 is 12.6. The summed E-state index contributed by atoms with van der Waals surface area (Å²) in [6.45, 7) is 2.82. The van der Waals surface area contributed by atoms with Crippen LogP contribution in [-0.2, 0) is 11.8 Å². The number of ether oxygens (including phenoxy) is 2. The summed E-state index contributed by atoms with van der Waals surface area (Å²) in [5.41, 5.74) is 3.19. The quantitative estimate of drug-likeness (QED) is 0.729. The molecule has 4 rings (SSSR count). The molecule has 4 heterocycles. The molecule has 8 heteroatoms. The van der Waals surface area contributed by atoms with Crippen LogP contribution >= 0.6 is 0 Å². The Morgan fingerprint density at radius 3 is 2.71 bits per heavy atom. The summed E-state index contributed by atoms with van der Waals surface area (Å²) in [6.07, 6.45) is 2.35. The number of rotatable bonds is 5. The normalized spacial score (nSPS) is 17.6. The van der Waals surface area contributed by atoms with E-state index in [4.69, 9.17) is 14.5 Å². The lowest BCUT2D eigenvalue weighted by Gasteiger charge is -2.16. The van der Waals surface area contributed by atoms with Gasteiger partial charge in [0.25, 0.3) is 5.88 Å². The maximum atomic E-state index is 11.6.